The molecule has 0 aliphatic carbocycles. The van der Waals surface area contributed by atoms with E-state index < -0.39 is 24.3 Å². The van der Waals surface area contributed by atoms with Crippen LogP contribution in [0.15, 0.2) is 158 Å². The summed E-state index contributed by atoms with van der Waals surface area (Å²) in [6, 6.07) is 0. The first-order valence-corrected chi connectivity index (χ1v) is 34.6. The van der Waals surface area contributed by atoms with E-state index in [0.717, 1.165) is 135 Å². The largest absolute Gasteiger partial charge is 0.477 e. The molecule has 0 saturated carbocycles. The zero-order valence-corrected chi connectivity index (χ0v) is 56.1. The van der Waals surface area contributed by atoms with Gasteiger partial charge >= 0.3 is 17.9 Å². The molecule has 0 bridgehead atoms. The van der Waals surface area contributed by atoms with Crippen LogP contribution < -0.4 is 0 Å². The molecule has 0 aromatic rings. The van der Waals surface area contributed by atoms with Crippen LogP contribution in [0.3, 0.4) is 0 Å². The molecule has 0 aromatic heterocycles. The number of carboxylic acid groups (broad SMARTS) is 1. The van der Waals surface area contributed by atoms with Crippen molar-refractivity contribution in [2.45, 2.75) is 270 Å². The number of likely N-dealkylation sites (N-methyl/N-ethyl adjacent to an activating group) is 1. The Morgan fingerprint density at radius 1 is 0.345 bits per heavy atom. The summed E-state index contributed by atoms with van der Waals surface area (Å²) < 4.78 is 22.9. The van der Waals surface area contributed by atoms with E-state index in [9.17, 15) is 19.5 Å². The molecule has 0 rings (SSSR count). The molecule has 0 heterocycles. The lowest BCUT2D eigenvalue weighted by atomic mass is 10.0. The van der Waals surface area contributed by atoms with E-state index in [1.807, 2.05) is 21.1 Å². The first-order chi connectivity index (χ1) is 42.6. The highest BCUT2D eigenvalue weighted by Gasteiger charge is 2.25. The quantitative estimate of drug-likeness (QED) is 0.0211. The van der Waals surface area contributed by atoms with Gasteiger partial charge in [0.15, 0.2) is 6.10 Å². The third-order valence-electron chi connectivity index (χ3n) is 14.3. The second-order valence-corrected chi connectivity index (χ2v) is 23.7. The fourth-order valence-electron chi connectivity index (χ4n) is 9.06. The van der Waals surface area contributed by atoms with Crippen LogP contribution >= 0.6 is 0 Å². The van der Waals surface area contributed by atoms with Crippen molar-refractivity contribution >= 4 is 17.9 Å². The summed E-state index contributed by atoms with van der Waals surface area (Å²) in [6.45, 7) is 4.62. The SMILES string of the molecule is CC/C=C\C/C=C\C/C=C\C/C=C\C/C=C\C/C=C\C/C=C\C/C=C\C/C=C\CCCCCCCC(=O)OC(COC(=O)CCCCCCCCCCCCCCCCCC/C=C\C/C=C\C/C=C\C/C=C\CC)COC(OCC[N+](C)(C)C)C(=O)O. The molecule has 9 nitrogen and oxygen atoms in total. The number of unbranched alkanes of at least 4 members (excludes halogenated alkanes) is 21. The van der Waals surface area contributed by atoms with Crippen LogP contribution in [0.25, 0.3) is 0 Å². The Kier molecular flexibility index (Phi) is 62.9. The number of aliphatic carboxylic acids is 1. The number of carbonyl (C=O) groups is 3. The van der Waals surface area contributed by atoms with Crippen LogP contribution in [0.5, 0.6) is 0 Å². The average Bonchev–Trinajstić information content (AvgIpc) is 3.59. The van der Waals surface area contributed by atoms with E-state index in [4.69, 9.17) is 18.9 Å². The molecule has 2 atom stereocenters. The van der Waals surface area contributed by atoms with Crippen LogP contribution in [0.1, 0.15) is 258 Å². The third-order valence-corrected chi connectivity index (χ3v) is 14.3. The molecule has 0 fully saturated rings. The highest BCUT2D eigenvalue weighted by atomic mass is 16.7. The molecule has 1 N–H and O–H groups in total. The molecule has 0 aliphatic rings. The molecule has 0 amide bonds. The maximum absolute atomic E-state index is 12.9. The molecule has 0 aromatic carbocycles. The van der Waals surface area contributed by atoms with Crippen molar-refractivity contribution in [3.05, 3.63) is 158 Å². The summed E-state index contributed by atoms with van der Waals surface area (Å²) in [4.78, 5) is 37.6. The minimum absolute atomic E-state index is 0.176. The number of rotatable bonds is 62. The van der Waals surface area contributed by atoms with Crippen LogP contribution in [0.4, 0.5) is 0 Å². The number of carbonyl (C=O) groups excluding carboxylic acids is 2. The summed E-state index contributed by atoms with van der Waals surface area (Å²) in [6.07, 6.45) is 96.3. The predicted octanol–water partition coefficient (Wildman–Crippen LogP) is 21.7. The van der Waals surface area contributed by atoms with Gasteiger partial charge in [0, 0.05) is 12.8 Å². The fourth-order valence-corrected chi connectivity index (χ4v) is 9.06. The number of hydrogen-bond donors (Lipinski definition) is 1. The van der Waals surface area contributed by atoms with Crippen molar-refractivity contribution in [2.75, 3.05) is 47.5 Å². The molecule has 0 radical (unpaired) electrons. The molecule has 0 spiro atoms. The van der Waals surface area contributed by atoms with Crippen LogP contribution in [-0.4, -0.2) is 87.4 Å². The van der Waals surface area contributed by atoms with Gasteiger partial charge in [-0.2, -0.15) is 0 Å². The highest BCUT2D eigenvalue weighted by molar-refractivity contribution is 5.71. The van der Waals surface area contributed by atoms with Gasteiger partial charge in [-0.3, -0.25) is 9.59 Å². The Morgan fingerprint density at radius 2 is 0.621 bits per heavy atom. The van der Waals surface area contributed by atoms with Crippen LogP contribution in [-0.2, 0) is 33.3 Å². The van der Waals surface area contributed by atoms with E-state index in [-0.39, 0.29) is 38.6 Å². The Morgan fingerprint density at radius 3 is 0.920 bits per heavy atom. The predicted molar refractivity (Wildman–Crippen MR) is 373 cm³/mol. The highest BCUT2D eigenvalue weighted by Crippen LogP contribution is 2.16. The first kappa shape index (κ1) is 81.9. The Bertz CT molecular complexity index is 1990. The maximum Gasteiger partial charge on any atom is 0.361 e. The summed E-state index contributed by atoms with van der Waals surface area (Å²) in [7, 11) is 5.96. The minimum Gasteiger partial charge on any atom is -0.477 e. The van der Waals surface area contributed by atoms with Crippen molar-refractivity contribution in [3.8, 4) is 0 Å². The number of nitrogens with zero attached hydrogens (tertiary/aromatic N) is 1. The van der Waals surface area contributed by atoms with Gasteiger partial charge in [0.2, 0.25) is 0 Å². The van der Waals surface area contributed by atoms with Crippen LogP contribution in [0.2, 0.25) is 0 Å². The Balaban J connectivity index is 4.22. The first-order valence-electron chi connectivity index (χ1n) is 34.6. The van der Waals surface area contributed by atoms with Crippen molar-refractivity contribution < 1.29 is 42.9 Å². The van der Waals surface area contributed by atoms with Crippen molar-refractivity contribution in [2.24, 2.45) is 0 Å². The molecular weight excluding hydrogens is 1080 g/mol. The molecule has 0 aliphatic heterocycles. The van der Waals surface area contributed by atoms with Crippen molar-refractivity contribution in [1.82, 2.24) is 0 Å². The maximum atomic E-state index is 12.9. The molecular formula is C78H128NO8+. The topological polar surface area (TPSA) is 108 Å². The van der Waals surface area contributed by atoms with Crippen LogP contribution in [0, 0.1) is 0 Å². The standard InChI is InChI=1S/C78H127NO8/c1-6-8-10-12-14-16-18-20-22-24-26-28-30-32-34-36-37-38-39-41-43-45-47-49-51-53-55-57-59-61-63-65-67-69-76(81)87-74(73-86-78(77(82)83)84-71-70-79(3,4)5)72-85-75(80)68-66-64-62-60-58-56-54-52-50-48-46-44-42-40-35-33-31-29-27-25-23-21-19-17-15-13-11-9-7-2/h8-11,14-17,20-23,26-29,32,34,37-38,41,43,47,49,53,55,74,78H,6-7,12-13,18-19,24-25,30-31,33,35-36,39-40,42,44-46,48,50-52,54,56-73H2,1-5H3/p+1/b10-8-,11-9-,16-14-,17-15-,22-20-,23-21-,28-26-,29-27-,34-32-,38-37-,43-41-,49-47-,55-53-. The minimum atomic E-state index is -1.53. The van der Waals surface area contributed by atoms with Gasteiger partial charge in [-0.05, 0) is 122 Å². The van der Waals surface area contributed by atoms with E-state index in [1.54, 1.807) is 0 Å². The van der Waals surface area contributed by atoms with Gasteiger partial charge in [-0.15, -0.1) is 0 Å². The number of allylic oxidation sites excluding steroid dienone is 26. The summed E-state index contributed by atoms with van der Waals surface area (Å²) in [5, 5.41) is 9.75. The van der Waals surface area contributed by atoms with Gasteiger partial charge in [-0.1, -0.05) is 281 Å². The zero-order chi connectivity index (χ0) is 63.3. The van der Waals surface area contributed by atoms with Crippen molar-refractivity contribution in [3.63, 3.8) is 0 Å². The lowest BCUT2D eigenvalue weighted by Crippen LogP contribution is -2.40. The third kappa shape index (κ3) is 68.3. The number of ether oxygens (including phenoxy) is 4. The molecule has 2 unspecified atom stereocenters. The zero-order valence-electron chi connectivity index (χ0n) is 56.1. The van der Waals surface area contributed by atoms with Gasteiger partial charge in [0.1, 0.15) is 13.2 Å². The number of carboxylic acids is 1. The summed E-state index contributed by atoms with van der Waals surface area (Å²) in [5.41, 5.74) is 0. The van der Waals surface area contributed by atoms with E-state index in [1.165, 1.54) is 89.9 Å². The Hall–Kier alpha value is -5.09. The van der Waals surface area contributed by atoms with Gasteiger partial charge in [-0.25, -0.2) is 4.79 Å². The fraction of sp³-hybridized carbons (Fsp3) is 0.628. The molecule has 0 saturated heterocycles. The second-order valence-electron chi connectivity index (χ2n) is 23.7. The summed E-state index contributed by atoms with van der Waals surface area (Å²) >= 11 is 0. The molecule has 9 heteroatoms. The van der Waals surface area contributed by atoms with Gasteiger partial charge in [0.05, 0.1) is 34.4 Å². The number of esters is 2. The Labute approximate surface area is 534 Å². The van der Waals surface area contributed by atoms with E-state index >= 15 is 0 Å². The lowest BCUT2D eigenvalue weighted by Gasteiger charge is -2.25. The monoisotopic (exact) mass is 1210 g/mol. The smallest absolute Gasteiger partial charge is 0.361 e. The lowest BCUT2D eigenvalue weighted by molar-refractivity contribution is -0.870. The van der Waals surface area contributed by atoms with Gasteiger partial charge < -0.3 is 28.5 Å². The van der Waals surface area contributed by atoms with Crippen molar-refractivity contribution in [1.29, 1.82) is 0 Å². The van der Waals surface area contributed by atoms with E-state index in [2.05, 4.69) is 172 Å². The van der Waals surface area contributed by atoms with Gasteiger partial charge in [0.25, 0.3) is 6.29 Å². The normalized spacial score (nSPS) is 13.7. The average molecular weight is 1210 g/mol. The number of quaternary nitrogens is 1. The second kappa shape index (κ2) is 66.9. The number of hydrogen-bond acceptors (Lipinski definition) is 7. The molecule has 492 valence electrons. The summed E-state index contributed by atoms with van der Waals surface area (Å²) in [5.74, 6) is -2.04. The molecule has 87 heavy (non-hydrogen) atoms. The van der Waals surface area contributed by atoms with E-state index in [0.29, 0.717) is 17.4 Å².